The average Bonchev–Trinajstić information content (AvgIpc) is 2.90. The summed E-state index contributed by atoms with van der Waals surface area (Å²) in [5, 5.41) is 10.8. The van der Waals surface area contributed by atoms with E-state index in [1.54, 1.807) is 7.11 Å². The van der Waals surface area contributed by atoms with Crippen molar-refractivity contribution in [3.8, 4) is 5.75 Å². The number of ether oxygens (including phenoxy) is 1. The highest BCUT2D eigenvalue weighted by Gasteiger charge is 2.10. The van der Waals surface area contributed by atoms with Gasteiger partial charge in [0.15, 0.2) is 5.82 Å². The van der Waals surface area contributed by atoms with E-state index in [1.807, 2.05) is 42.5 Å². The lowest BCUT2D eigenvalue weighted by atomic mass is 10.1. The molecule has 1 heterocycles. The Hall–Kier alpha value is -2.34. The van der Waals surface area contributed by atoms with Gasteiger partial charge < -0.3 is 10.1 Å². The third kappa shape index (κ3) is 3.12. The maximum atomic E-state index is 12.1. The number of rotatable bonds is 4. The Morgan fingerprint density at radius 1 is 1.27 bits per heavy atom. The lowest BCUT2D eigenvalue weighted by Gasteiger charge is -2.04. The van der Waals surface area contributed by atoms with Gasteiger partial charge in [-0.3, -0.25) is 9.89 Å². The first-order valence-corrected chi connectivity index (χ1v) is 7.51. The van der Waals surface area contributed by atoms with Crippen LogP contribution in [0.5, 0.6) is 5.75 Å². The molecule has 5 nitrogen and oxygen atoms in total. The van der Waals surface area contributed by atoms with Gasteiger partial charge in [0.2, 0.25) is 5.91 Å². The van der Waals surface area contributed by atoms with Gasteiger partial charge in [0.1, 0.15) is 5.75 Å². The molecule has 0 unspecified atom stereocenters. The number of fused-ring (bicyclic) bond motifs is 1. The minimum Gasteiger partial charge on any atom is -0.497 e. The summed E-state index contributed by atoms with van der Waals surface area (Å²) in [7, 11) is 1.61. The lowest BCUT2D eigenvalue weighted by molar-refractivity contribution is -0.115. The molecule has 6 heteroatoms. The van der Waals surface area contributed by atoms with Crippen molar-refractivity contribution in [1.82, 2.24) is 10.2 Å². The molecule has 22 heavy (non-hydrogen) atoms. The molecule has 112 valence electrons. The molecular weight excluding hydrogens is 346 g/mol. The Morgan fingerprint density at radius 2 is 2.05 bits per heavy atom. The number of H-pyrrole nitrogens is 1. The van der Waals surface area contributed by atoms with Crippen LogP contribution in [0.25, 0.3) is 10.9 Å². The van der Waals surface area contributed by atoms with E-state index in [4.69, 9.17) is 4.74 Å². The first-order valence-electron chi connectivity index (χ1n) is 6.72. The maximum Gasteiger partial charge on any atom is 0.230 e. The van der Waals surface area contributed by atoms with Gasteiger partial charge in [0.05, 0.1) is 19.0 Å². The van der Waals surface area contributed by atoms with Gasteiger partial charge in [0, 0.05) is 9.86 Å². The zero-order valence-corrected chi connectivity index (χ0v) is 13.5. The Bertz CT molecular complexity index is 812. The summed E-state index contributed by atoms with van der Waals surface area (Å²) in [5.74, 6) is 1.20. The largest absolute Gasteiger partial charge is 0.497 e. The molecule has 1 amide bonds. The average molecular weight is 360 g/mol. The molecule has 0 aliphatic heterocycles. The molecule has 0 aliphatic rings. The Labute approximate surface area is 135 Å². The Kier molecular flexibility index (Phi) is 4.11. The molecule has 0 bridgehead atoms. The van der Waals surface area contributed by atoms with E-state index in [2.05, 4.69) is 31.4 Å². The number of aromatic nitrogens is 2. The summed E-state index contributed by atoms with van der Waals surface area (Å²) < 4.78 is 6.06. The summed E-state index contributed by atoms with van der Waals surface area (Å²) in [5.41, 5.74) is 1.79. The minimum atomic E-state index is -0.110. The summed E-state index contributed by atoms with van der Waals surface area (Å²) in [4.78, 5) is 12.1. The maximum absolute atomic E-state index is 12.1. The Morgan fingerprint density at radius 3 is 2.77 bits per heavy atom. The number of methoxy groups -OCH3 is 1. The van der Waals surface area contributed by atoms with Gasteiger partial charge >= 0.3 is 0 Å². The van der Waals surface area contributed by atoms with Gasteiger partial charge in [-0.05, 0) is 35.9 Å². The zero-order valence-electron chi connectivity index (χ0n) is 11.9. The molecule has 2 N–H and O–H groups in total. The fraction of sp³-hybridized carbons (Fsp3) is 0.125. The molecule has 3 aromatic rings. The molecule has 0 atom stereocenters. The number of aromatic amines is 1. The van der Waals surface area contributed by atoms with Crippen LogP contribution in [0.3, 0.4) is 0 Å². The number of nitrogens with one attached hydrogen (secondary N) is 2. The van der Waals surface area contributed by atoms with E-state index in [0.29, 0.717) is 5.82 Å². The van der Waals surface area contributed by atoms with E-state index in [1.165, 1.54) is 0 Å². The minimum absolute atomic E-state index is 0.110. The van der Waals surface area contributed by atoms with E-state index < -0.39 is 0 Å². The molecule has 2 aromatic carbocycles. The predicted octanol–water partition coefficient (Wildman–Crippen LogP) is 3.52. The highest BCUT2D eigenvalue weighted by molar-refractivity contribution is 9.10. The van der Waals surface area contributed by atoms with Crippen LogP contribution in [0.2, 0.25) is 0 Å². The molecule has 0 spiro atoms. The fourth-order valence-electron chi connectivity index (χ4n) is 2.19. The van der Waals surface area contributed by atoms with Gasteiger partial charge in [-0.25, -0.2) is 0 Å². The van der Waals surface area contributed by atoms with Crippen molar-refractivity contribution in [3.05, 3.63) is 52.5 Å². The topological polar surface area (TPSA) is 67.0 Å². The SMILES string of the molecule is COc1ccc(CC(=O)Nc2n[nH]c3cc(Br)ccc23)cc1. The van der Waals surface area contributed by atoms with E-state index >= 15 is 0 Å². The van der Waals surface area contributed by atoms with Crippen molar-refractivity contribution in [2.75, 3.05) is 12.4 Å². The molecule has 0 saturated carbocycles. The van der Waals surface area contributed by atoms with E-state index in [9.17, 15) is 4.79 Å². The van der Waals surface area contributed by atoms with E-state index in [0.717, 1.165) is 26.7 Å². The second-order valence-corrected chi connectivity index (χ2v) is 5.75. The quantitative estimate of drug-likeness (QED) is 0.748. The van der Waals surface area contributed by atoms with Crippen LogP contribution >= 0.6 is 15.9 Å². The lowest BCUT2D eigenvalue weighted by Crippen LogP contribution is -2.14. The van der Waals surface area contributed by atoms with Crippen molar-refractivity contribution < 1.29 is 9.53 Å². The molecule has 0 aliphatic carbocycles. The van der Waals surface area contributed by atoms with Crippen molar-refractivity contribution >= 4 is 38.6 Å². The van der Waals surface area contributed by atoms with Gasteiger partial charge in [-0.15, -0.1) is 0 Å². The molecule has 3 rings (SSSR count). The highest BCUT2D eigenvalue weighted by atomic mass is 79.9. The van der Waals surface area contributed by atoms with Crippen LogP contribution in [0.1, 0.15) is 5.56 Å². The third-order valence-electron chi connectivity index (χ3n) is 3.31. The van der Waals surface area contributed by atoms with Gasteiger partial charge in [-0.2, -0.15) is 5.10 Å². The normalized spacial score (nSPS) is 10.6. The third-order valence-corrected chi connectivity index (χ3v) is 3.80. The van der Waals surface area contributed by atoms with Crippen LogP contribution in [0.4, 0.5) is 5.82 Å². The number of halogens is 1. The smallest absolute Gasteiger partial charge is 0.230 e. The molecule has 0 fully saturated rings. The number of carbonyl (C=O) groups excluding carboxylic acids is 1. The van der Waals surface area contributed by atoms with Crippen molar-refractivity contribution in [3.63, 3.8) is 0 Å². The second-order valence-electron chi connectivity index (χ2n) is 4.84. The summed E-state index contributed by atoms with van der Waals surface area (Å²) >= 11 is 3.40. The van der Waals surface area contributed by atoms with Gasteiger partial charge in [-0.1, -0.05) is 28.1 Å². The first-order chi connectivity index (χ1) is 10.7. The number of carbonyl (C=O) groups is 1. The van der Waals surface area contributed by atoms with Crippen molar-refractivity contribution in [1.29, 1.82) is 0 Å². The molecule has 0 saturated heterocycles. The van der Waals surface area contributed by atoms with Crippen LogP contribution in [-0.4, -0.2) is 23.2 Å². The van der Waals surface area contributed by atoms with Crippen LogP contribution < -0.4 is 10.1 Å². The second kappa shape index (κ2) is 6.19. The van der Waals surface area contributed by atoms with Crippen LogP contribution in [0, 0.1) is 0 Å². The predicted molar refractivity (Wildman–Crippen MR) is 89.1 cm³/mol. The fourth-order valence-corrected chi connectivity index (χ4v) is 2.55. The highest BCUT2D eigenvalue weighted by Crippen LogP contribution is 2.24. The summed E-state index contributed by atoms with van der Waals surface area (Å²) in [6.45, 7) is 0. The first kappa shape index (κ1) is 14.6. The summed E-state index contributed by atoms with van der Waals surface area (Å²) in [6, 6.07) is 13.2. The number of anilines is 1. The van der Waals surface area contributed by atoms with Crippen LogP contribution in [0.15, 0.2) is 46.9 Å². The standard InChI is InChI=1S/C16H14BrN3O2/c1-22-12-5-2-10(3-6-12)8-15(21)18-16-13-7-4-11(17)9-14(13)19-20-16/h2-7,9H,8H2,1H3,(H2,18,19,20,21). The van der Waals surface area contributed by atoms with E-state index in [-0.39, 0.29) is 12.3 Å². The molecular formula is C16H14BrN3O2. The monoisotopic (exact) mass is 359 g/mol. The van der Waals surface area contributed by atoms with Gasteiger partial charge in [0.25, 0.3) is 0 Å². The van der Waals surface area contributed by atoms with Crippen molar-refractivity contribution in [2.24, 2.45) is 0 Å². The van der Waals surface area contributed by atoms with Crippen LogP contribution in [-0.2, 0) is 11.2 Å². The number of amides is 1. The number of benzene rings is 2. The number of hydrogen-bond acceptors (Lipinski definition) is 3. The summed E-state index contributed by atoms with van der Waals surface area (Å²) in [6.07, 6.45) is 0.287. The Balaban J connectivity index is 1.72. The molecule has 1 aromatic heterocycles. The number of nitrogens with zero attached hydrogens (tertiary/aromatic N) is 1. The number of hydrogen-bond donors (Lipinski definition) is 2. The van der Waals surface area contributed by atoms with Crippen molar-refractivity contribution in [2.45, 2.75) is 6.42 Å². The molecule has 0 radical (unpaired) electrons. The zero-order chi connectivity index (χ0) is 15.5.